The molecule has 1 heterocycles. The van der Waals surface area contributed by atoms with E-state index in [-0.39, 0.29) is 10.6 Å². The van der Waals surface area contributed by atoms with Crippen LogP contribution in [-0.2, 0) is 10.1 Å². The van der Waals surface area contributed by atoms with Gasteiger partial charge in [-0.15, -0.1) is 0 Å². The van der Waals surface area contributed by atoms with Gasteiger partial charge in [0.05, 0.1) is 0 Å². The molecule has 0 aliphatic carbocycles. The predicted octanol–water partition coefficient (Wildman–Crippen LogP) is 3.52. The molecule has 0 radical (unpaired) electrons. The lowest BCUT2D eigenvalue weighted by Crippen LogP contribution is -1.99. The molecule has 5 nitrogen and oxygen atoms in total. The average molecular weight is 329 g/mol. The van der Waals surface area contributed by atoms with Crippen molar-refractivity contribution in [2.75, 3.05) is 0 Å². The Labute approximate surface area is 134 Å². The van der Waals surface area contributed by atoms with E-state index in [2.05, 4.69) is 11.6 Å². The SMILES string of the molecule is C=Cc1ccccc1S(=O)(=O)O.Oc1cccc2cccnc12. The highest BCUT2D eigenvalue weighted by atomic mass is 32.2. The highest BCUT2D eigenvalue weighted by molar-refractivity contribution is 7.85. The quantitative estimate of drug-likeness (QED) is 0.702. The van der Waals surface area contributed by atoms with Gasteiger partial charge in [0.25, 0.3) is 10.1 Å². The summed E-state index contributed by atoms with van der Waals surface area (Å²) in [5.74, 6) is 0.239. The third kappa shape index (κ3) is 4.15. The zero-order valence-corrected chi connectivity index (χ0v) is 12.9. The van der Waals surface area contributed by atoms with Crippen molar-refractivity contribution in [1.82, 2.24) is 4.98 Å². The number of aromatic nitrogens is 1. The Bertz CT molecular complexity index is 931. The lowest BCUT2D eigenvalue weighted by Gasteiger charge is -2.00. The molecular weight excluding hydrogens is 314 g/mol. The largest absolute Gasteiger partial charge is 0.506 e. The number of fused-ring (bicyclic) bond motifs is 1. The number of aromatic hydroxyl groups is 1. The number of hydrogen-bond donors (Lipinski definition) is 2. The van der Waals surface area contributed by atoms with E-state index in [1.807, 2.05) is 18.2 Å². The Kier molecular flexibility index (Phi) is 5.10. The lowest BCUT2D eigenvalue weighted by molar-refractivity contribution is 0.480. The fourth-order valence-electron chi connectivity index (χ4n) is 1.97. The third-order valence-corrected chi connectivity index (χ3v) is 3.96. The second-order valence-corrected chi connectivity index (χ2v) is 5.96. The van der Waals surface area contributed by atoms with Crippen molar-refractivity contribution in [3.05, 3.63) is 72.9 Å². The van der Waals surface area contributed by atoms with E-state index in [0.717, 1.165) is 5.39 Å². The molecule has 0 atom stereocenters. The number of phenolic OH excluding ortho intramolecular Hbond substituents is 1. The first-order valence-corrected chi connectivity index (χ1v) is 8.09. The Morgan fingerprint density at radius 3 is 2.30 bits per heavy atom. The highest BCUT2D eigenvalue weighted by Gasteiger charge is 2.11. The van der Waals surface area contributed by atoms with E-state index in [4.69, 9.17) is 4.55 Å². The molecule has 2 N–H and O–H groups in total. The van der Waals surface area contributed by atoms with Crippen LogP contribution in [-0.4, -0.2) is 23.1 Å². The first-order valence-electron chi connectivity index (χ1n) is 6.65. The topological polar surface area (TPSA) is 87.5 Å². The van der Waals surface area contributed by atoms with E-state index < -0.39 is 10.1 Å². The molecule has 23 heavy (non-hydrogen) atoms. The highest BCUT2D eigenvalue weighted by Crippen LogP contribution is 2.20. The van der Waals surface area contributed by atoms with E-state index in [1.165, 1.54) is 18.2 Å². The molecule has 0 spiro atoms. The third-order valence-electron chi connectivity index (χ3n) is 3.03. The van der Waals surface area contributed by atoms with Gasteiger partial charge in [-0.25, -0.2) is 0 Å². The summed E-state index contributed by atoms with van der Waals surface area (Å²) in [5.41, 5.74) is 1.06. The fourth-order valence-corrected chi connectivity index (χ4v) is 2.67. The van der Waals surface area contributed by atoms with Crippen LogP contribution in [0, 0.1) is 0 Å². The number of pyridine rings is 1. The zero-order valence-electron chi connectivity index (χ0n) is 12.1. The molecule has 0 saturated heterocycles. The summed E-state index contributed by atoms with van der Waals surface area (Å²) in [6.07, 6.45) is 3.05. The molecule has 3 rings (SSSR count). The van der Waals surface area contributed by atoms with Crippen molar-refractivity contribution >= 4 is 27.1 Å². The standard InChI is InChI=1S/C9H7NO.C8H8O3S/c11-8-5-1-3-7-4-2-6-10-9(7)8;1-2-7-5-3-4-6-8(7)12(9,10)11/h1-6,11H;2-6H,1H2,(H,9,10,11). The maximum Gasteiger partial charge on any atom is 0.295 e. The molecular formula is C17H15NO4S. The van der Waals surface area contributed by atoms with E-state index in [9.17, 15) is 13.5 Å². The summed E-state index contributed by atoms with van der Waals surface area (Å²) in [4.78, 5) is 3.92. The second kappa shape index (κ2) is 7.04. The van der Waals surface area contributed by atoms with Crippen molar-refractivity contribution < 1.29 is 18.1 Å². The van der Waals surface area contributed by atoms with E-state index >= 15 is 0 Å². The van der Waals surface area contributed by atoms with Gasteiger partial charge in [0.1, 0.15) is 16.2 Å². The normalized spacial score (nSPS) is 10.7. The minimum absolute atomic E-state index is 0.111. The van der Waals surface area contributed by atoms with Gasteiger partial charge in [-0.05, 0) is 23.8 Å². The van der Waals surface area contributed by atoms with Gasteiger partial charge >= 0.3 is 0 Å². The molecule has 0 saturated carbocycles. The van der Waals surface area contributed by atoms with Crippen LogP contribution in [0.3, 0.4) is 0 Å². The number of phenols is 1. The van der Waals surface area contributed by atoms with E-state index in [0.29, 0.717) is 11.1 Å². The molecule has 118 valence electrons. The zero-order chi connectivity index (χ0) is 16.9. The van der Waals surface area contributed by atoms with Crippen LogP contribution >= 0.6 is 0 Å². The van der Waals surface area contributed by atoms with Crippen molar-refractivity contribution in [3.63, 3.8) is 0 Å². The molecule has 3 aromatic rings. The number of hydrogen-bond acceptors (Lipinski definition) is 4. The van der Waals surface area contributed by atoms with Crippen LogP contribution in [0.1, 0.15) is 5.56 Å². The first kappa shape index (κ1) is 16.7. The van der Waals surface area contributed by atoms with Crippen LogP contribution in [0.25, 0.3) is 17.0 Å². The van der Waals surface area contributed by atoms with Gasteiger partial charge in [-0.2, -0.15) is 8.42 Å². The number of benzene rings is 2. The fraction of sp³-hybridized carbons (Fsp3) is 0. The molecule has 0 unspecified atom stereocenters. The maximum absolute atomic E-state index is 10.7. The van der Waals surface area contributed by atoms with Gasteiger partial charge in [0.15, 0.2) is 0 Å². The van der Waals surface area contributed by atoms with Gasteiger partial charge in [0, 0.05) is 11.6 Å². The summed E-state index contributed by atoms with van der Waals surface area (Å²) in [6, 6.07) is 15.2. The van der Waals surface area contributed by atoms with Crippen LogP contribution in [0.4, 0.5) is 0 Å². The molecule has 0 amide bonds. The molecule has 0 fully saturated rings. The predicted molar refractivity (Wildman–Crippen MR) is 89.8 cm³/mol. The summed E-state index contributed by atoms with van der Waals surface area (Å²) < 4.78 is 30.2. The molecule has 0 aliphatic heterocycles. The van der Waals surface area contributed by atoms with Crippen molar-refractivity contribution in [2.24, 2.45) is 0 Å². The van der Waals surface area contributed by atoms with Gasteiger partial charge in [-0.3, -0.25) is 9.54 Å². The van der Waals surface area contributed by atoms with Crippen LogP contribution in [0.15, 0.2) is 72.3 Å². The van der Waals surface area contributed by atoms with Gasteiger partial charge < -0.3 is 5.11 Å². The number of nitrogens with zero attached hydrogens (tertiary/aromatic N) is 1. The van der Waals surface area contributed by atoms with Crippen molar-refractivity contribution in [1.29, 1.82) is 0 Å². The first-order chi connectivity index (χ1) is 10.9. The van der Waals surface area contributed by atoms with Gasteiger partial charge in [-0.1, -0.05) is 49.1 Å². The lowest BCUT2D eigenvalue weighted by atomic mass is 10.2. The van der Waals surface area contributed by atoms with Gasteiger partial charge in [0.2, 0.25) is 0 Å². The molecule has 0 bridgehead atoms. The van der Waals surface area contributed by atoms with Crippen LogP contribution < -0.4 is 0 Å². The molecule has 2 aromatic carbocycles. The maximum atomic E-state index is 10.7. The second-order valence-electron chi connectivity index (χ2n) is 4.57. The monoisotopic (exact) mass is 329 g/mol. The minimum atomic E-state index is -4.12. The van der Waals surface area contributed by atoms with Crippen LogP contribution in [0.2, 0.25) is 0 Å². The Morgan fingerprint density at radius 2 is 1.70 bits per heavy atom. The number of rotatable bonds is 2. The number of para-hydroxylation sites is 1. The van der Waals surface area contributed by atoms with Crippen molar-refractivity contribution in [2.45, 2.75) is 4.90 Å². The Balaban J connectivity index is 0.000000167. The Hall–Kier alpha value is -2.70. The Morgan fingerprint density at radius 1 is 1.00 bits per heavy atom. The smallest absolute Gasteiger partial charge is 0.295 e. The summed E-state index contributed by atoms with van der Waals surface area (Å²) in [7, 11) is -4.12. The minimum Gasteiger partial charge on any atom is -0.506 e. The molecule has 6 heteroatoms. The molecule has 0 aliphatic rings. The summed E-state index contributed by atoms with van der Waals surface area (Å²) in [5, 5.41) is 10.3. The summed E-state index contributed by atoms with van der Waals surface area (Å²) >= 11 is 0. The van der Waals surface area contributed by atoms with Crippen LogP contribution in [0.5, 0.6) is 5.75 Å². The molecule has 1 aromatic heterocycles. The average Bonchev–Trinajstić information content (AvgIpc) is 2.55. The summed E-state index contributed by atoms with van der Waals surface area (Å²) in [6.45, 7) is 3.43. The van der Waals surface area contributed by atoms with Crippen molar-refractivity contribution in [3.8, 4) is 5.75 Å². The van der Waals surface area contributed by atoms with E-state index in [1.54, 1.807) is 30.5 Å².